The molecule has 10 nitrogen and oxygen atoms in total. The number of nitrogens with one attached hydrogen (secondary N) is 1. The van der Waals surface area contributed by atoms with E-state index in [1.165, 1.54) is 0 Å². The van der Waals surface area contributed by atoms with Gasteiger partial charge < -0.3 is 18.3 Å². The highest BCUT2D eigenvalue weighted by Gasteiger charge is 2.67. The number of anilines is 1. The molecule has 0 saturated heterocycles. The van der Waals surface area contributed by atoms with E-state index in [0.717, 1.165) is 5.57 Å². The number of nitrogens with zero attached hydrogens (tertiary/aromatic N) is 4. The molecule has 1 aliphatic carbocycles. The van der Waals surface area contributed by atoms with E-state index in [1.54, 1.807) is 27.1 Å². The summed E-state index contributed by atoms with van der Waals surface area (Å²) >= 11 is 0. The smallest absolute Gasteiger partial charge is 0.414 e. The molecule has 1 aliphatic rings. The van der Waals surface area contributed by atoms with E-state index in [1.807, 2.05) is 25.3 Å². The van der Waals surface area contributed by atoms with Crippen molar-refractivity contribution in [1.29, 1.82) is 0 Å². The number of carbonyl (C=O) groups is 1. The van der Waals surface area contributed by atoms with Gasteiger partial charge in [-0.2, -0.15) is 9.97 Å². The van der Waals surface area contributed by atoms with E-state index in [-0.39, 0.29) is 27.7 Å². The number of carbonyl (C=O) groups excluding carboxylic acids is 1. The number of hydrogen-bond acceptors (Lipinski definition) is 8. The molecule has 0 aliphatic heterocycles. The number of rotatable bonds is 7. The number of amides is 1. The monoisotopic (exact) mass is 658 g/mol. The average molecular weight is 659 g/mol. The molecule has 0 aromatic carbocycles. The summed E-state index contributed by atoms with van der Waals surface area (Å²) in [5, 5.41) is 2.72. The molecule has 2 aromatic heterocycles. The van der Waals surface area contributed by atoms with Crippen LogP contribution in [0.15, 0.2) is 18.5 Å². The lowest BCUT2D eigenvalue weighted by Crippen LogP contribution is -2.50. The minimum Gasteiger partial charge on any atom is -0.470 e. The molecule has 1 saturated carbocycles. The second-order valence-corrected chi connectivity index (χ2v) is 22.5. The zero-order valence-electron chi connectivity index (χ0n) is 30.5. The molecule has 1 fully saturated rings. The molecule has 3 rings (SSSR count). The van der Waals surface area contributed by atoms with Gasteiger partial charge in [0.05, 0.1) is 6.33 Å². The Morgan fingerprint density at radius 3 is 2.07 bits per heavy atom. The van der Waals surface area contributed by atoms with Gasteiger partial charge >= 0.3 is 6.09 Å². The summed E-state index contributed by atoms with van der Waals surface area (Å²) in [5.74, 6) is 0.251. The SMILES string of the molecule is C=C1[C@](O[Si])(n2cnc3c(OC(C)(C)C)nc(NC(=O)OC(C)(C)C)nc32)C[C@@](C)(C(C)(C)C)[C@@]1(C)CO[Si](C)(C)C(C)(C)C. The van der Waals surface area contributed by atoms with Crippen molar-refractivity contribution in [3.63, 3.8) is 0 Å². The van der Waals surface area contributed by atoms with Crippen molar-refractivity contribution >= 4 is 42.0 Å². The van der Waals surface area contributed by atoms with Crippen LogP contribution >= 0.6 is 0 Å². The highest BCUT2D eigenvalue weighted by atomic mass is 28.4. The van der Waals surface area contributed by atoms with Crippen LogP contribution in [0.5, 0.6) is 5.88 Å². The predicted molar refractivity (Wildman–Crippen MR) is 183 cm³/mol. The van der Waals surface area contributed by atoms with E-state index in [0.29, 0.717) is 24.2 Å². The molecular weight excluding hydrogens is 603 g/mol. The zero-order chi connectivity index (χ0) is 34.8. The van der Waals surface area contributed by atoms with Gasteiger partial charge in [-0.1, -0.05) is 62.0 Å². The van der Waals surface area contributed by atoms with Crippen molar-refractivity contribution in [2.75, 3.05) is 11.9 Å². The first-order valence-corrected chi connectivity index (χ1v) is 19.0. The Hall–Kier alpha value is -2.29. The molecule has 2 heterocycles. The third-order valence-electron chi connectivity index (χ3n) is 10.1. The Balaban J connectivity index is 2.27. The number of imidazole rings is 1. The van der Waals surface area contributed by atoms with Crippen LogP contribution in [0.4, 0.5) is 10.7 Å². The number of fused-ring (bicyclic) bond motifs is 1. The fourth-order valence-corrected chi connectivity index (χ4v) is 7.13. The maximum Gasteiger partial charge on any atom is 0.414 e. The molecule has 0 spiro atoms. The molecular formula is C33H56N5O5Si2. The number of hydrogen-bond donors (Lipinski definition) is 1. The third-order valence-corrected chi connectivity index (χ3v) is 14.9. The van der Waals surface area contributed by atoms with Crippen molar-refractivity contribution in [1.82, 2.24) is 19.5 Å². The largest absolute Gasteiger partial charge is 0.470 e. The minimum absolute atomic E-state index is 0.0214. The molecule has 3 radical (unpaired) electrons. The zero-order valence-corrected chi connectivity index (χ0v) is 32.5. The summed E-state index contributed by atoms with van der Waals surface area (Å²) in [6.45, 7) is 38.9. The van der Waals surface area contributed by atoms with Gasteiger partial charge in [0.25, 0.3) is 0 Å². The topological polar surface area (TPSA) is 110 Å². The Kier molecular flexibility index (Phi) is 9.46. The third kappa shape index (κ3) is 6.89. The first kappa shape index (κ1) is 37.2. The maximum absolute atomic E-state index is 12.8. The van der Waals surface area contributed by atoms with Crippen LogP contribution in [0.25, 0.3) is 11.2 Å². The van der Waals surface area contributed by atoms with Crippen molar-refractivity contribution in [3.05, 3.63) is 18.5 Å². The van der Waals surface area contributed by atoms with Gasteiger partial charge in [0.1, 0.15) is 11.2 Å². The molecule has 3 atom stereocenters. The summed E-state index contributed by atoms with van der Waals surface area (Å²) in [4.78, 5) is 26.8. The summed E-state index contributed by atoms with van der Waals surface area (Å²) in [6.07, 6.45) is 1.55. The second kappa shape index (κ2) is 11.4. The second-order valence-electron chi connectivity index (χ2n) is 17.5. The Labute approximate surface area is 275 Å². The molecule has 12 heteroatoms. The average Bonchev–Trinajstić information content (AvgIpc) is 3.33. The highest BCUT2D eigenvalue weighted by molar-refractivity contribution is 6.74. The van der Waals surface area contributed by atoms with Crippen LogP contribution in [0, 0.1) is 16.2 Å². The number of ether oxygens (including phenoxy) is 2. The minimum atomic E-state index is -2.11. The van der Waals surface area contributed by atoms with Crippen LogP contribution in [-0.2, 0) is 19.3 Å². The molecule has 2 aromatic rings. The Morgan fingerprint density at radius 2 is 1.60 bits per heavy atom. The molecule has 251 valence electrons. The Morgan fingerprint density at radius 1 is 1.02 bits per heavy atom. The van der Waals surface area contributed by atoms with Gasteiger partial charge in [0.2, 0.25) is 22.3 Å². The fourth-order valence-electron chi connectivity index (χ4n) is 5.75. The lowest BCUT2D eigenvalue weighted by atomic mass is 9.55. The van der Waals surface area contributed by atoms with Crippen LogP contribution in [0.2, 0.25) is 18.1 Å². The number of aromatic nitrogens is 4. The van der Waals surface area contributed by atoms with Gasteiger partial charge in [-0.15, -0.1) is 0 Å². The fraction of sp³-hybridized carbons (Fsp3) is 0.758. The standard InChI is InChI=1S/C33H56N5O5Si2/c1-21-31(14,19-40-45(16,17)30(11,12)13)32(15,27(2,3)4)18-33(21,43-44)38-20-34-22-23(38)35-25(36-24(22)41-28(5,6)7)37-26(39)42-29(8,9)10/h20H,1,18-19H2,2-17H3,(H,35,36,37,39)/t31-,32-,33-/m0/s1. The quantitative estimate of drug-likeness (QED) is 0.235. The van der Waals surface area contributed by atoms with E-state index in [2.05, 4.69) is 89.3 Å². The first-order chi connectivity index (χ1) is 20.0. The molecule has 1 amide bonds. The summed E-state index contributed by atoms with van der Waals surface area (Å²) < 4.78 is 26.9. The highest BCUT2D eigenvalue weighted by Crippen LogP contribution is 2.69. The van der Waals surface area contributed by atoms with E-state index < -0.39 is 36.8 Å². The van der Waals surface area contributed by atoms with E-state index in [9.17, 15) is 4.79 Å². The molecule has 0 bridgehead atoms. The first-order valence-electron chi connectivity index (χ1n) is 15.7. The lowest BCUT2D eigenvalue weighted by molar-refractivity contribution is -0.0401. The van der Waals surface area contributed by atoms with Crippen LogP contribution in [-0.4, -0.2) is 62.2 Å². The van der Waals surface area contributed by atoms with Crippen LogP contribution < -0.4 is 10.1 Å². The van der Waals surface area contributed by atoms with Gasteiger partial charge in [-0.3, -0.25) is 9.88 Å². The van der Waals surface area contributed by atoms with E-state index >= 15 is 0 Å². The van der Waals surface area contributed by atoms with Crippen molar-refractivity contribution in [2.24, 2.45) is 16.2 Å². The van der Waals surface area contributed by atoms with Gasteiger partial charge in [0.15, 0.2) is 25.2 Å². The van der Waals surface area contributed by atoms with Crippen LogP contribution in [0.1, 0.15) is 103 Å². The van der Waals surface area contributed by atoms with Crippen molar-refractivity contribution in [2.45, 2.75) is 138 Å². The predicted octanol–water partition coefficient (Wildman–Crippen LogP) is 8.14. The Bertz CT molecular complexity index is 1450. The summed E-state index contributed by atoms with van der Waals surface area (Å²) in [7, 11) is 1.38. The summed E-state index contributed by atoms with van der Waals surface area (Å²) in [6, 6.07) is 0. The van der Waals surface area contributed by atoms with Crippen molar-refractivity contribution in [3.8, 4) is 5.88 Å². The van der Waals surface area contributed by atoms with Gasteiger partial charge in [-0.05, 0) is 76.1 Å². The molecule has 1 N–H and O–H groups in total. The maximum atomic E-state index is 12.8. The summed E-state index contributed by atoms with van der Waals surface area (Å²) in [5.41, 5.74) is -1.78. The van der Waals surface area contributed by atoms with E-state index in [4.69, 9.17) is 34.9 Å². The molecule has 0 unspecified atom stereocenters. The lowest BCUT2D eigenvalue weighted by Gasteiger charge is -2.51. The molecule has 45 heavy (non-hydrogen) atoms. The normalized spacial score (nSPS) is 25.1. The van der Waals surface area contributed by atoms with Crippen LogP contribution in [0.3, 0.4) is 0 Å². The van der Waals surface area contributed by atoms with Gasteiger partial charge in [-0.25, -0.2) is 9.78 Å². The van der Waals surface area contributed by atoms with Crippen molar-refractivity contribution < 1.29 is 23.1 Å². The van der Waals surface area contributed by atoms with Gasteiger partial charge in [0, 0.05) is 18.4 Å².